The van der Waals surface area contributed by atoms with Crippen molar-refractivity contribution in [1.82, 2.24) is 10.9 Å². The maximum atomic E-state index is 3.89. The quantitative estimate of drug-likeness (QED) is 0.498. The third kappa shape index (κ3) is 7.12. The van der Waals surface area contributed by atoms with Crippen molar-refractivity contribution in [2.45, 2.75) is 13.8 Å². The topological polar surface area (TPSA) is 24.1 Å². The smallest absolute Gasteiger partial charge is 0.0536 e. The number of allylic oxidation sites excluding steroid dienone is 8. The third-order valence-electron chi connectivity index (χ3n) is 1.99. The van der Waals surface area contributed by atoms with E-state index in [1.165, 1.54) is 0 Å². The molecule has 18 heavy (non-hydrogen) atoms. The lowest BCUT2D eigenvalue weighted by Gasteiger charge is -2.12. The van der Waals surface area contributed by atoms with Crippen LogP contribution < -0.4 is 10.9 Å². The van der Waals surface area contributed by atoms with Crippen LogP contribution in [-0.2, 0) is 0 Å². The fraction of sp³-hybridized carbons (Fsp3) is 0.125. The van der Waals surface area contributed by atoms with E-state index < -0.39 is 0 Å². The molecule has 0 fully saturated rings. The molecule has 0 saturated heterocycles. The van der Waals surface area contributed by atoms with Gasteiger partial charge in [-0.05, 0) is 31.6 Å². The van der Waals surface area contributed by atoms with Gasteiger partial charge in [-0.25, -0.2) is 0 Å². The lowest BCUT2D eigenvalue weighted by molar-refractivity contribution is 0.716. The van der Waals surface area contributed by atoms with Crippen molar-refractivity contribution in [2.75, 3.05) is 0 Å². The molecule has 0 aliphatic carbocycles. The largest absolute Gasteiger partial charge is 0.301 e. The molecule has 0 bridgehead atoms. The monoisotopic (exact) mass is 242 g/mol. The lowest BCUT2D eigenvalue weighted by Crippen LogP contribution is -2.29. The van der Waals surface area contributed by atoms with E-state index in [0.29, 0.717) is 5.70 Å². The van der Waals surface area contributed by atoms with E-state index in [2.05, 4.69) is 30.6 Å². The summed E-state index contributed by atoms with van der Waals surface area (Å²) in [5, 5.41) is 0. The minimum atomic E-state index is 0.712. The molecule has 0 aromatic carbocycles. The molecule has 0 aromatic rings. The van der Waals surface area contributed by atoms with Crippen molar-refractivity contribution in [3.8, 4) is 0 Å². The van der Waals surface area contributed by atoms with Crippen LogP contribution in [0.5, 0.6) is 0 Å². The van der Waals surface area contributed by atoms with Crippen LogP contribution in [0, 0.1) is 0 Å². The molecular weight excluding hydrogens is 220 g/mol. The second kappa shape index (κ2) is 9.97. The summed E-state index contributed by atoms with van der Waals surface area (Å²) in [5.74, 6) is 0. The maximum Gasteiger partial charge on any atom is 0.0536 e. The second-order valence-electron chi connectivity index (χ2n) is 3.50. The predicted octanol–water partition coefficient (Wildman–Crippen LogP) is 3.93. The first kappa shape index (κ1) is 15.8. The van der Waals surface area contributed by atoms with Crippen LogP contribution in [0.3, 0.4) is 0 Å². The van der Waals surface area contributed by atoms with Crippen LogP contribution in [-0.4, -0.2) is 0 Å². The molecule has 2 nitrogen and oxygen atoms in total. The van der Waals surface area contributed by atoms with Crippen LogP contribution >= 0.6 is 0 Å². The molecular formula is C16H22N2. The van der Waals surface area contributed by atoms with E-state index in [-0.39, 0.29) is 0 Å². The van der Waals surface area contributed by atoms with Gasteiger partial charge in [-0.1, -0.05) is 56.2 Å². The molecule has 0 amide bonds. The number of rotatable bonds is 8. The Kier molecular flexibility index (Phi) is 8.74. The van der Waals surface area contributed by atoms with E-state index in [0.717, 1.165) is 11.3 Å². The first-order valence-corrected chi connectivity index (χ1v) is 5.80. The van der Waals surface area contributed by atoms with Crippen LogP contribution in [0.1, 0.15) is 13.8 Å². The van der Waals surface area contributed by atoms with Gasteiger partial charge in [0.1, 0.15) is 0 Å². The summed E-state index contributed by atoms with van der Waals surface area (Å²) >= 11 is 0. The zero-order valence-corrected chi connectivity index (χ0v) is 11.2. The van der Waals surface area contributed by atoms with Crippen molar-refractivity contribution in [1.29, 1.82) is 0 Å². The summed E-state index contributed by atoms with van der Waals surface area (Å²) in [6.07, 6.45) is 15.2. The number of hydrogen-bond acceptors (Lipinski definition) is 2. The van der Waals surface area contributed by atoms with Crippen LogP contribution in [0.4, 0.5) is 0 Å². The number of nitrogens with one attached hydrogen (secondary N) is 2. The average molecular weight is 242 g/mol. The predicted molar refractivity (Wildman–Crippen MR) is 81.6 cm³/mol. The number of hydrazine groups is 1. The van der Waals surface area contributed by atoms with Gasteiger partial charge < -0.3 is 10.9 Å². The van der Waals surface area contributed by atoms with Gasteiger partial charge in [0, 0.05) is 0 Å². The van der Waals surface area contributed by atoms with Crippen molar-refractivity contribution in [3.63, 3.8) is 0 Å². The standard InChI is InChI=1S/C16H22N2/c1-6-9-12-14(4)15(5)17-18-16(11-8-3)13-10-7-2/h6-13,17-18H,1,4-5H2,2-3H3/b10-7-,11-8-,12-9-,16-13+. The lowest BCUT2D eigenvalue weighted by atomic mass is 10.2. The molecule has 0 saturated carbocycles. The molecule has 96 valence electrons. The van der Waals surface area contributed by atoms with Crippen molar-refractivity contribution in [2.24, 2.45) is 0 Å². The van der Waals surface area contributed by atoms with Gasteiger partial charge in [0.25, 0.3) is 0 Å². The summed E-state index contributed by atoms with van der Waals surface area (Å²) in [4.78, 5) is 0. The van der Waals surface area contributed by atoms with Crippen LogP contribution in [0.25, 0.3) is 0 Å². The van der Waals surface area contributed by atoms with Crippen molar-refractivity contribution < 1.29 is 0 Å². The first-order valence-electron chi connectivity index (χ1n) is 5.80. The van der Waals surface area contributed by atoms with Gasteiger partial charge in [-0.2, -0.15) is 0 Å². The second-order valence-corrected chi connectivity index (χ2v) is 3.50. The highest BCUT2D eigenvalue weighted by Crippen LogP contribution is 2.03. The fourth-order valence-electron chi connectivity index (χ4n) is 1.03. The van der Waals surface area contributed by atoms with E-state index >= 15 is 0 Å². The first-order chi connectivity index (χ1) is 8.65. The van der Waals surface area contributed by atoms with Crippen molar-refractivity contribution in [3.05, 3.63) is 85.3 Å². The Morgan fingerprint density at radius 3 is 2.22 bits per heavy atom. The van der Waals surface area contributed by atoms with E-state index in [1.807, 2.05) is 56.4 Å². The Hall–Kier alpha value is -2.22. The zero-order valence-electron chi connectivity index (χ0n) is 11.2. The molecule has 2 heteroatoms. The molecule has 0 spiro atoms. The highest BCUT2D eigenvalue weighted by atomic mass is 15.4. The number of hydrogen-bond donors (Lipinski definition) is 2. The summed E-state index contributed by atoms with van der Waals surface area (Å²) in [7, 11) is 0. The summed E-state index contributed by atoms with van der Waals surface area (Å²) in [5.41, 5.74) is 8.52. The van der Waals surface area contributed by atoms with Gasteiger partial charge in [-0.3, -0.25) is 0 Å². The molecule has 2 N–H and O–H groups in total. The fourth-order valence-corrected chi connectivity index (χ4v) is 1.03. The molecule has 0 unspecified atom stereocenters. The highest BCUT2D eigenvalue weighted by molar-refractivity contribution is 5.35. The average Bonchev–Trinajstić information content (AvgIpc) is 2.38. The third-order valence-corrected chi connectivity index (χ3v) is 1.99. The minimum Gasteiger partial charge on any atom is -0.301 e. The molecule has 0 atom stereocenters. The SMILES string of the molecule is C=C/C=C\C(=C)C(=C)NNC(/C=C\C)=C/C=C\C. The zero-order chi connectivity index (χ0) is 13.8. The van der Waals surface area contributed by atoms with Gasteiger partial charge in [0.05, 0.1) is 11.4 Å². The molecule has 0 aliphatic rings. The van der Waals surface area contributed by atoms with Crippen LogP contribution in [0.15, 0.2) is 85.3 Å². The van der Waals surface area contributed by atoms with E-state index in [9.17, 15) is 0 Å². The van der Waals surface area contributed by atoms with Gasteiger partial charge in [0.2, 0.25) is 0 Å². The molecule has 0 aliphatic heterocycles. The van der Waals surface area contributed by atoms with E-state index in [1.54, 1.807) is 6.08 Å². The van der Waals surface area contributed by atoms with Gasteiger partial charge >= 0.3 is 0 Å². The van der Waals surface area contributed by atoms with Crippen LogP contribution in [0.2, 0.25) is 0 Å². The summed E-state index contributed by atoms with van der Waals surface area (Å²) in [6.45, 7) is 15.3. The Balaban J connectivity index is 4.44. The van der Waals surface area contributed by atoms with Gasteiger partial charge in [-0.15, -0.1) is 0 Å². The summed E-state index contributed by atoms with van der Waals surface area (Å²) in [6, 6.07) is 0. The van der Waals surface area contributed by atoms with Gasteiger partial charge in [0.15, 0.2) is 0 Å². The molecule has 0 rings (SSSR count). The maximum absolute atomic E-state index is 3.89. The Morgan fingerprint density at radius 2 is 1.67 bits per heavy atom. The Labute approximate surface area is 110 Å². The normalized spacial score (nSPS) is 12.2. The van der Waals surface area contributed by atoms with E-state index in [4.69, 9.17) is 0 Å². The molecule has 0 radical (unpaired) electrons. The molecule has 0 heterocycles. The minimum absolute atomic E-state index is 0.712. The van der Waals surface area contributed by atoms with Crippen molar-refractivity contribution >= 4 is 0 Å². The Morgan fingerprint density at radius 1 is 0.944 bits per heavy atom. The highest BCUT2D eigenvalue weighted by Gasteiger charge is 1.95. The summed E-state index contributed by atoms with van der Waals surface area (Å²) < 4.78 is 0. The Bertz CT molecular complexity index is 407. The molecule has 0 aromatic heterocycles.